The number of amides is 2. The Kier molecular flexibility index (Phi) is 8.46. The van der Waals surface area contributed by atoms with Crippen LogP contribution in [0.15, 0.2) is 70.5 Å². The summed E-state index contributed by atoms with van der Waals surface area (Å²) in [6.07, 6.45) is 4.37. The van der Waals surface area contributed by atoms with E-state index in [1.54, 1.807) is 38.1 Å². The van der Waals surface area contributed by atoms with Crippen molar-refractivity contribution in [2.45, 2.75) is 52.5 Å². The minimum Gasteiger partial charge on any atom is -0.382 e. The Bertz CT molecular complexity index is 2070. The summed E-state index contributed by atoms with van der Waals surface area (Å²) in [5.41, 5.74) is 8.24. The van der Waals surface area contributed by atoms with Gasteiger partial charge in [0.05, 0.1) is 16.6 Å². The van der Waals surface area contributed by atoms with Crippen molar-refractivity contribution in [1.82, 2.24) is 34.2 Å². The first-order valence-electron chi connectivity index (χ1n) is 15.7. The number of carbonyl (C=O) groups is 2. The van der Waals surface area contributed by atoms with E-state index in [0.29, 0.717) is 35.7 Å². The number of likely N-dealkylation sites (tertiary alicyclic amines) is 1. The average Bonchev–Trinajstić information content (AvgIpc) is 3.45. The predicted molar refractivity (Wildman–Crippen MR) is 180 cm³/mol. The van der Waals surface area contributed by atoms with Crippen molar-refractivity contribution in [2.75, 3.05) is 24.1 Å². The van der Waals surface area contributed by atoms with Gasteiger partial charge in [0.2, 0.25) is 5.91 Å². The van der Waals surface area contributed by atoms with Crippen LogP contribution in [0.2, 0.25) is 0 Å². The lowest BCUT2D eigenvalue weighted by atomic mass is 9.91. The second kappa shape index (κ2) is 12.7. The van der Waals surface area contributed by atoms with E-state index in [0.717, 1.165) is 34.2 Å². The molecule has 0 atom stereocenters. The van der Waals surface area contributed by atoms with Gasteiger partial charge in [-0.15, -0.1) is 0 Å². The van der Waals surface area contributed by atoms with E-state index < -0.39 is 17.2 Å². The molecule has 0 saturated carbocycles. The number of nitrogen functional groups attached to an aromatic ring is 1. The van der Waals surface area contributed by atoms with Crippen LogP contribution in [0.1, 0.15) is 68.5 Å². The van der Waals surface area contributed by atoms with E-state index in [9.17, 15) is 19.2 Å². The quantitative estimate of drug-likeness (QED) is 0.240. The fourth-order valence-corrected chi connectivity index (χ4v) is 5.96. The molecule has 13 heteroatoms. The predicted octanol–water partition coefficient (Wildman–Crippen LogP) is 4.11. The number of benzene rings is 1. The first-order chi connectivity index (χ1) is 22.5. The Morgan fingerprint density at radius 2 is 1.74 bits per heavy atom. The first kappa shape index (κ1) is 31.4. The van der Waals surface area contributed by atoms with E-state index in [-0.39, 0.29) is 35.2 Å². The van der Waals surface area contributed by atoms with Gasteiger partial charge in [-0.25, -0.2) is 14.3 Å². The zero-order valence-electron chi connectivity index (χ0n) is 26.7. The molecule has 4 aromatic heterocycles. The number of piperidine rings is 1. The molecule has 4 N–H and O–H groups in total. The Hall–Kier alpha value is -5.59. The summed E-state index contributed by atoms with van der Waals surface area (Å²) in [4.78, 5) is 63.6. The van der Waals surface area contributed by atoms with Crippen LogP contribution in [0.25, 0.3) is 28.0 Å². The van der Waals surface area contributed by atoms with Gasteiger partial charge in [-0.2, -0.15) is 5.10 Å². The van der Waals surface area contributed by atoms with Crippen molar-refractivity contribution < 1.29 is 9.59 Å². The zero-order valence-corrected chi connectivity index (χ0v) is 26.7. The molecule has 1 saturated heterocycles. The van der Waals surface area contributed by atoms with E-state index in [1.165, 1.54) is 23.0 Å². The molecule has 6 rings (SSSR count). The van der Waals surface area contributed by atoms with Crippen molar-refractivity contribution >= 4 is 34.2 Å². The topological polar surface area (TPSA) is 174 Å². The highest BCUT2D eigenvalue weighted by atomic mass is 16.2. The second-order valence-electron chi connectivity index (χ2n) is 12.4. The van der Waals surface area contributed by atoms with Gasteiger partial charge in [-0.05, 0) is 57.0 Å². The number of hydrogen-bond acceptors (Lipinski definition) is 8. The Balaban J connectivity index is 1.28. The number of aromatic nitrogens is 6. The monoisotopic (exact) mass is 635 g/mol. The standard InChI is InChI=1S/C34H37N9O4/c1-19(2)32(45)41-15-12-21(13-16-41)25-17-26-28(30(35)40-39-26)29(38-25)22-8-10-23(11-9-22)37-31(44)24-18-42(20(3)4)34(47)43(33(24)46)27-7-5-6-14-36-27/h5-11,14,17-21H,12-13,15-16H2,1-4H3,(H,37,44)(H3,35,39,40). The number of aromatic amines is 1. The van der Waals surface area contributed by atoms with Gasteiger partial charge in [0.1, 0.15) is 11.4 Å². The largest absolute Gasteiger partial charge is 0.382 e. The van der Waals surface area contributed by atoms with Gasteiger partial charge in [-0.3, -0.25) is 29.0 Å². The minimum atomic E-state index is -0.766. The van der Waals surface area contributed by atoms with Crippen LogP contribution in [0.3, 0.4) is 0 Å². The number of anilines is 2. The van der Waals surface area contributed by atoms with Gasteiger partial charge in [0, 0.05) is 60.3 Å². The van der Waals surface area contributed by atoms with Crippen molar-refractivity contribution in [2.24, 2.45) is 5.92 Å². The number of rotatable bonds is 7. The Morgan fingerprint density at radius 1 is 1.02 bits per heavy atom. The first-order valence-corrected chi connectivity index (χ1v) is 15.7. The van der Waals surface area contributed by atoms with Crippen LogP contribution in [0, 0.1) is 5.92 Å². The molecule has 0 bridgehead atoms. The minimum absolute atomic E-state index is 0.0338. The van der Waals surface area contributed by atoms with Crippen LogP contribution in [0.4, 0.5) is 11.5 Å². The van der Waals surface area contributed by atoms with Crippen molar-refractivity contribution in [3.05, 3.63) is 93.0 Å². The van der Waals surface area contributed by atoms with Crippen LogP contribution in [-0.2, 0) is 4.79 Å². The van der Waals surface area contributed by atoms with E-state index in [2.05, 4.69) is 20.5 Å². The van der Waals surface area contributed by atoms with Gasteiger partial charge >= 0.3 is 5.69 Å². The zero-order chi connectivity index (χ0) is 33.4. The number of nitrogens with two attached hydrogens (primary N) is 1. The highest BCUT2D eigenvalue weighted by Gasteiger charge is 2.27. The Morgan fingerprint density at radius 3 is 2.38 bits per heavy atom. The van der Waals surface area contributed by atoms with Crippen LogP contribution in [-0.4, -0.2) is 59.1 Å². The third kappa shape index (κ3) is 6.03. The number of carbonyl (C=O) groups excluding carboxylic acids is 2. The lowest BCUT2D eigenvalue weighted by Gasteiger charge is -2.33. The van der Waals surface area contributed by atoms with Crippen molar-refractivity contribution in [3.63, 3.8) is 0 Å². The lowest BCUT2D eigenvalue weighted by Crippen LogP contribution is -2.43. The molecule has 5 aromatic rings. The average molecular weight is 636 g/mol. The lowest BCUT2D eigenvalue weighted by molar-refractivity contribution is -0.135. The molecule has 5 heterocycles. The molecule has 0 radical (unpaired) electrons. The number of fused-ring (bicyclic) bond motifs is 1. The number of H-pyrrole nitrogens is 1. The maximum atomic E-state index is 13.4. The number of nitrogens with zero attached hydrogens (tertiary/aromatic N) is 6. The van der Waals surface area contributed by atoms with Crippen LogP contribution < -0.4 is 22.3 Å². The summed E-state index contributed by atoms with van der Waals surface area (Å²) < 4.78 is 2.24. The Labute approximate surface area is 270 Å². The van der Waals surface area contributed by atoms with Gasteiger partial charge in [0.25, 0.3) is 11.5 Å². The molecule has 1 aliphatic heterocycles. The molecule has 1 fully saturated rings. The second-order valence-corrected chi connectivity index (χ2v) is 12.4. The maximum absolute atomic E-state index is 13.4. The molecule has 47 heavy (non-hydrogen) atoms. The highest BCUT2D eigenvalue weighted by Crippen LogP contribution is 2.35. The molecule has 0 spiro atoms. The normalized spacial score (nSPS) is 13.9. The fourth-order valence-electron chi connectivity index (χ4n) is 5.96. The third-order valence-corrected chi connectivity index (χ3v) is 8.52. The fraction of sp³-hybridized carbons (Fsp3) is 0.324. The molecule has 1 aromatic carbocycles. The molecule has 13 nitrogen and oxygen atoms in total. The summed E-state index contributed by atoms with van der Waals surface area (Å²) in [5, 5.41) is 10.7. The van der Waals surface area contributed by atoms with Crippen molar-refractivity contribution in [3.8, 4) is 17.1 Å². The summed E-state index contributed by atoms with van der Waals surface area (Å²) in [6, 6.07) is 13.6. The highest BCUT2D eigenvalue weighted by molar-refractivity contribution is 6.04. The van der Waals surface area contributed by atoms with E-state index in [4.69, 9.17) is 10.7 Å². The molecule has 2 amide bonds. The molecule has 242 valence electrons. The van der Waals surface area contributed by atoms with Crippen LogP contribution in [0.5, 0.6) is 0 Å². The number of hydrogen-bond donors (Lipinski definition) is 3. The molecular formula is C34H37N9O4. The summed E-state index contributed by atoms with van der Waals surface area (Å²) in [5.74, 6) is 0.0978. The summed E-state index contributed by atoms with van der Waals surface area (Å²) in [7, 11) is 0. The van der Waals surface area contributed by atoms with Crippen molar-refractivity contribution in [1.29, 1.82) is 0 Å². The molecular weight excluding hydrogens is 598 g/mol. The molecule has 0 aliphatic carbocycles. The summed E-state index contributed by atoms with van der Waals surface area (Å²) >= 11 is 0. The molecule has 1 aliphatic rings. The number of pyridine rings is 2. The van der Waals surface area contributed by atoms with E-state index in [1.807, 2.05) is 36.9 Å². The van der Waals surface area contributed by atoms with Gasteiger partial charge < -0.3 is 16.0 Å². The molecule has 0 unspecified atom stereocenters. The number of nitrogens with one attached hydrogen (secondary N) is 2. The SMILES string of the molecule is CC(C)C(=O)N1CCC(c2cc3[nH]nc(N)c3c(-c3ccc(NC(=O)c4cn(C(C)C)c(=O)n(-c5ccccn5)c4=O)cc3)n2)CC1. The smallest absolute Gasteiger partial charge is 0.337 e. The van der Waals surface area contributed by atoms with Gasteiger partial charge in [0.15, 0.2) is 5.82 Å². The summed E-state index contributed by atoms with van der Waals surface area (Å²) in [6.45, 7) is 8.77. The van der Waals surface area contributed by atoms with Gasteiger partial charge in [-0.1, -0.05) is 32.0 Å². The van der Waals surface area contributed by atoms with Crippen LogP contribution >= 0.6 is 0 Å². The third-order valence-electron chi connectivity index (χ3n) is 8.52. The maximum Gasteiger partial charge on any atom is 0.337 e. The van der Waals surface area contributed by atoms with E-state index >= 15 is 0 Å².